The third-order valence-electron chi connectivity index (χ3n) is 4.55. The quantitative estimate of drug-likeness (QED) is 0.192. The van der Waals surface area contributed by atoms with Gasteiger partial charge in [0.1, 0.15) is 5.75 Å². The molecule has 0 aliphatic carbocycles. The van der Waals surface area contributed by atoms with Crippen molar-refractivity contribution in [1.82, 2.24) is 9.78 Å². The van der Waals surface area contributed by atoms with Gasteiger partial charge in [-0.1, -0.05) is 32.9 Å². The van der Waals surface area contributed by atoms with Crippen molar-refractivity contribution < 1.29 is 32.4 Å². The summed E-state index contributed by atoms with van der Waals surface area (Å²) in [4.78, 5) is 22.5. The van der Waals surface area contributed by atoms with Gasteiger partial charge < -0.3 is 9.47 Å². The minimum absolute atomic E-state index is 0.0594. The molecule has 2 aromatic carbocycles. The van der Waals surface area contributed by atoms with Crippen LogP contribution in [0.1, 0.15) is 32.6 Å². The Hall–Kier alpha value is -3.89. The van der Waals surface area contributed by atoms with E-state index in [1.54, 1.807) is 33.0 Å². The van der Waals surface area contributed by atoms with E-state index in [0.717, 1.165) is 12.1 Å². The number of non-ortho nitro benzene ring substituents is 1. The van der Waals surface area contributed by atoms with Crippen LogP contribution in [0.2, 0.25) is 0 Å². The first kappa shape index (κ1) is 23.8. The van der Waals surface area contributed by atoms with Gasteiger partial charge in [0.15, 0.2) is 0 Å². The second kappa shape index (κ2) is 8.93. The number of nitro benzene ring substituents is 1. The molecule has 174 valence electrons. The summed E-state index contributed by atoms with van der Waals surface area (Å²) in [7, 11) is 0. The number of carbonyl (C=O) groups excluding carboxylic acids is 1. The zero-order valence-corrected chi connectivity index (χ0v) is 17.9. The highest BCUT2D eigenvalue weighted by atomic mass is 19.4. The van der Waals surface area contributed by atoms with Crippen molar-refractivity contribution in [2.45, 2.75) is 33.2 Å². The number of ether oxygens (including phenoxy) is 2. The number of hydrogen-bond donors (Lipinski definition) is 0. The summed E-state index contributed by atoms with van der Waals surface area (Å²) in [5.74, 6) is 0.0594. The SMILES string of the molecule is CC(C)(C)[C@H](OC(=O)Oc1ccc([N+](=O)[O-])cc1)n1ccc(-c2ccc(C(F)(F)F)cc2)n1. The molecule has 8 nitrogen and oxygen atoms in total. The number of hydrogen-bond acceptors (Lipinski definition) is 6. The molecule has 1 heterocycles. The molecule has 0 fully saturated rings. The molecule has 0 saturated carbocycles. The Labute approximate surface area is 186 Å². The number of benzene rings is 2. The molecule has 1 atom stereocenters. The number of alkyl halides is 3. The maximum absolute atomic E-state index is 12.8. The maximum atomic E-state index is 12.8. The largest absolute Gasteiger partial charge is 0.515 e. The van der Waals surface area contributed by atoms with E-state index in [1.807, 2.05) is 0 Å². The van der Waals surface area contributed by atoms with E-state index in [2.05, 4.69) is 5.10 Å². The van der Waals surface area contributed by atoms with Crippen LogP contribution in [-0.4, -0.2) is 20.9 Å². The van der Waals surface area contributed by atoms with Crippen LogP contribution in [0.3, 0.4) is 0 Å². The molecule has 0 aliphatic heterocycles. The highest BCUT2D eigenvalue weighted by molar-refractivity contribution is 5.64. The number of nitrogens with zero attached hydrogens (tertiary/aromatic N) is 3. The highest BCUT2D eigenvalue weighted by Crippen LogP contribution is 2.34. The van der Waals surface area contributed by atoms with E-state index in [0.29, 0.717) is 11.3 Å². The predicted octanol–water partition coefficient (Wildman–Crippen LogP) is 6.24. The van der Waals surface area contributed by atoms with Crippen molar-refractivity contribution in [1.29, 1.82) is 0 Å². The van der Waals surface area contributed by atoms with Crippen LogP contribution in [-0.2, 0) is 10.9 Å². The molecule has 0 unspecified atom stereocenters. The van der Waals surface area contributed by atoms with Gasteiger partial charge in [-0.2, -0.15) is 18.3 Å². The third-order valence-corrected chi connectivity index (χ3v) is 4.55. The topological polar surface area (TPSA) is 96.5 Å². The van der Waals surface area contributed by atoms with Crippen LogP contribution in [0.15, 0.2) is 60.8 Å². The van der Waals surface area contributed by atoms with E-state index in [9.17, 15) is 28.1 Å². The lowest BCUT2D eigenvalue weighted by molar-refractivity contribution is -0.384. The van der Waals surface area contributed by atoms with Crippen molar-refractivity contribution in [3.63, 3.8) is 0 Å². The van der Waals surface area contributed by atoms with Gasteiger partial charge in [-0.05, 0) is 30.3 Å². The summed E-state index contributed by atoms with van der Waals surface area (Å²) < 4.78 is 50.3. The first-order valence-electron chi connectivity index (χ1n) is 9.70. The van der Waals surface area contributed by atoms with Gasteiger partial charge in [0.05, 0.1) is 16.2 Å². The van der Waals surface area contributed by atoms with Crippen molar-refractivity contribution in [2.75, 3.05) is 0 Å². The molecule has 0 aliphatic rings. The minimum atomic E-state index is -4.44. The van der Waals surface area contributed by atoms with Gasteiger partial charge >= 0.3 is 12.3 Å². The number of halogens is 3. The molecule has 33 heavy (non-hydrogen) atoms. The Morgan fingerprint density at radius 1 is 1.03 bits per heavy atom. The average molecular weight is 463 g/mol. The minimum Gasteiger partial charge on any atom is -0.407 e. The van der Waals surface area contributed by atoms with Crippen molar-refractivity contribution in [3.8, 4) is 17.0 Å². The van der Waals surface area contributed by atoms with Crippen LogP contribution in [0.25, 0.3) is 11.3 Å². The van der Waals surface area contributed by atoms with Gasteiger partial charge in [0.2, 0.25) is 6.23 Å². The van der Waals surface area contributed by atoms with Crippen LogP contribution >= 0.6 is 0 Å². The Balaban J connectivity index is 1.76. The van der Waals surface area contributed by atoms with Crippen LogP contribution in [0.5, 0.6) is 5.75 Å². The smallest absolute Gasteiger partial charge is 0.407 e. The fraction of sp³-hybridized carbons (Fsp3) is 0.273. The van der Waals surface area contributed by atoms with Crippen LogP contribution < -0.4 is 4.74 Å². The van der Waals surface area contributed by atoms with Crippen LogP contribution in [0.4, 0.5) is 23.7 Å². The monoisotopic (exact) mass is 463 g/mol. The maximum Gasteiger partial charge on any atom is 0.515 e. The number of rotatable bonds is 5. The Bertz CT molecular complexity index is 1130. The Kier molecular flexibility index (Phi) is 6.43. The first-order chi connectivity index (χ1) is 15.3. The molecule has 0 amide bonds. The number of nitro groups is 1. The molecule has 0 radical (unpaired) electrons. The number of aromatic nitrogens is 2. The van der Waals surface area contributed by atoms with E-state index in [1.165, 1.54) is 41.1 Å². The summed E-state index contributed by atoms with van der Waals surface area (Å²) in [5.41, 5.74) is -0.697. The fourth-order valence-corrected chi connectivity index (χ4v) is 2.93. The normalized spacial score (nSPS) is 12.8. The molecule has 0 saturated heterocycles. The molecule has 3 aromatic rings. The van der Waals surface area contributed by atoms with E-state index in [4.69, 9.17) is 9.47 Å². The fourth-order valence-electron chi connectivity index (χ4n) is 2.93. The van der Waals surface area contributed by atoms with E-state index >= 15 is 0 Å². The van der Waals surface area contributed by atoms with Gasteiger partial charge in [-0.3, -0.25) is 10.1 Å². The third kappa shape index (κ3) is 5.88. The molecule has 1 aromatic heterocycles. The Morgan fingerprint density at radius 2 is 1.64 bits per heavy atom. The molecule has 0 spiro atoms. The van der Waals surface area contributed by atoms with Gasteiger partial charge in [0, 0.05) is 29.3 Å². The van der Waals surface area contributed by atoms with Crippen molar-refractivity contribution >= 4 is 11.8 Å². The lowest BCUT2D eigenvalue weighted by atomic mass is 9.94. The zero-order valence-electron chi connectivity index (χ0n) is 17.9. The average Bonchev–Trinajstić information content (AvgIpc) is 3.21. The lowest BCUT2D eigenvalue weighted by Gasteiger charge is -2.29. The van der Waals surface area contributed by atoms with Crippen molar-refractivity contribution in [3.05, 3.63) is 76.5 Å². The molecule has 0 N–H and O–H groups in total. The summed E-state index contributed by atoms with van der Waals surface area (Å²) in [5, 5.41) is 15.1. The Morgan fingerprint density at radius 3 is 2.15 bits per heavy atom. The number of carbonyl (C=O) groups is 1. The second-order valence-corrected chi connectivity index (χ2v) is 8.20. The molecular formula is C22H20F3N3O5. The van der Waals surface area contributed by atoms with Gasteiger partial charge in [-0.25, -0.2) is 9.48 Å². The summed E-state index contributed by atoms with van der Waals surface area (Å²) in [6.07, 6.45) is -4.85. The summed E-state index contributed by atoms with van der Waals surface area (Å²) in [6.45, 7) is 5.41. The molecule has 3 rings (SSSR count). The van der Waals surface area contributed by atoms with E-state index in [-0.39, 0.29) is 11.4 Å². The molecule has 0 bridgehead atoms. The summed E-state index contributed by atoms with van der Waals surface area (Å²) in [6, 6.07) is 11.1. The van der Waals surface area contributed by atoms with Gasteiger partial charge in [0.25, 0.3) is 5.69 Å². The molecular weight excluding hydrogens is 443 g/mol. The van der Waals surface area contributed by atoms with E-state index < -0.39 is 34.5 Å². The van der Waals surface area contributed by atoms with Crippen LogP contribution in [0, 0.1) is 15.5 Å². The summed E-state index contributed by atoms with van der Waals surface area (Å²) >= 11 is 0. The van der Waals surface area contributed by atoms with Gasteiger partial charge in [-0.15, -0.1) is 0 Å². The standard InChI is InChI=1S/C22H20F3N3O5/c1-21(2,3)19(33-20(29)32-17-10-8-16(9-11-17)28(30)31)27-13-12-18(26-27)14-4-6-15(7-5-14)22(23,24)25/h4-13,19H,1-3H3/t19-/m0/s1. The lowest BCUT2D eigenvalue weighted by Crippen LogP contribution is -2.30. The molecule has 11 heteroatoms. The zero-order chi connectivity index (χ0) is 24.4. The first-order valence-corrected chi connectivity index (χ1v) is 9.70. The highest BCUT2D eigenvalue weighted by Gasteiger charge is 2.32. The second-order valence-electron chi connectivity index (χ2n) is 8.20. The predicted molar refractivity (Wildman–Crippen MR) is 111 cm³/mol. The van der Waals surface area contributed by atoms with Crippen molar-refractivity contribution in [2.24, 2.45) is 5.41 Å².